The van der Waals surface area contributed by atoms with E-state index in [0.717, 1.165) is 0 Å². The smallest absolute Gasteiger partial charge is 0.337 e. The first-order valence-corrected chi connectivity index (χ1v) is 7.99. The number of hydrogen-bond acceptors (Lipinski definition) is 4. The number of nitrogens with zero attached hydrogens (tertiary/aromatic N) is 2. The van der Waals surface area contributed by atoms with E-state index >= 15 is 0 Å². The molecule has 3 aromatic rings. The van der Waals surface area contributed by atoms with E-state index in [4.69, 9.17) is 23.2 Å². The van der Waals surface area contributed by atoms with Crippen LogP contribution in [-0.4, -0.2) is 28.4 Å². The van der Waals surface area contributed by atoms with Gasteiger partial charge in [0.05, 0.1) is 34.1 Å². The van der Waals surface area contributed by atoms with Crippen molar-refractivity contribution in [3.8, 4) is 0 Å². The van der Waals surface area contributed by atoms with Crippen molar-refractivity contribution in [1.29, 1.82) is 0 Å². The Morgan fingerprint density at radius 3 is 2.68 bits per heavy atom. The largest absolute Gasteiger partial charge is 0.465 e. The number of esters is 1. The van der Waals surface area contributed by atoms with Crippen molar-refractivity contribution in [3.05, 3.63) is 63.5 Å². The molecule has 1 aromatic carbocycles. The van der Waals surface area contributed by atoms with E-state index in [1.807, 2.05) is 0 Å². The van der Waals surface area contributed by atoms with E-state index in [0.29, 0.717) is 32.8 Å². The number of carbonyl (C=O) groups excluding carboxylic acids is 2. The number of imidazole rings is 1. The van der Waals surface area contributed by atoms with Crippen LogP contribution in [0.3, 0.4) is 0 Å². The minimum Gasteiger partial charge on any atom is -0.465 e. The lowest BCUT2D eigenvalue weighted by molar-refractivity contribution is 0.0600. The van der Waals surface area contributed by atoms with Crippen molar-refractivity contribution in [1.82, 2.24) is 9.38 Å². The Labute approximate surface area is 153 Å². The topological polar surface area (TPSA) is 72.7 Å². The highest BCUT2D eigenvalue weighted by molar-refractivity contribution is 6.34. The molecule has 0 spiro atoms. The number of methoxy groups -OCH3 is 1. The molecule has 0 radical (unpaired) electrons. The first-order valence-electron chi connectivity index (χ1n) is 7.24. The van der Waals surface area contributed by atoms with Gasteiger partial charge in [-0.3, -0.25) is 9.20 Å². The zero-order valence-electron chi connectivity index (χ0n) is 13.3. The van der Waals surface area contributed by atoms with E-state index < -0.39 is 11.9 Å². The highest BCUT2D eigenvalue weighted by Gasteiger charge is 2.19. The van der Waals surface area contributed by atoms with Crippen LogP contribution < -0.4 is 5.32 Å². The summed E-state index contributed by atoms with van der Waals surface area (Å²) in [4.78, 5) is 28.7. The minimum absolute atomic E-state index is 0.278. The molecule has 0 saturated heterocycles. The number of fused-ring (bicyclic) bond motifs is 1. The molecular weight excluding hydrogens is 365 g/mol. The Hall–Kier alpha value is -2.57. The molecule has 6 nitrogen and oxygen atoms in total. The summed E-state index contributed by atoms with van der Waals surface area (Å²) in [6, 6.07) is 7.90. The summed E-state index contributed by atoms with van der Waals surface area (Å²) in [6.45, 7) is 1.72. The number of benzene rings is 1. The molecule has 25 heavy (non-hydrogen) atoms. The van der Waals surface area contributed by atoms with Gasteiger partial charge in [0.15, 0.2) is 0 Å². The molecule has 0 unspecified atom stereocenters. The lowest BCUT2D eigenvalue weighted by atomic mass is 10.2. The molecule has 2 aromatic heterocycles. The Balaban J connectivity index is 1.99. The molecule has 1 N–H and O–H groups in total. The molecule has 8 heteroatoms. The molecule has 3 rings (SSSR count). The summed E-state index contributed by atoms with van der Waals surface area (Å²) in [5.41, 5.74) is 2.05. The van der Waals surface area contributed by atoms with Gasteiger partial charge in [0.1, 0.15) is 11.3 Å². The molecule has 0 bridgehead atoms. The van der Waals surface area contributed by atoms with E-state index in [9.17, 15) is 9.59 Å². The summed E-state index contributed by atoms with van der Waals surface area (Å²) < 4.78 is 6.28. The standard InChI is InChI=1S/C17H13Cl2N3O3/c1-9-15(22-8-11(18)4-6-14(22)20-9)16(23)21-13-7-10(17(24)25-2)3-5-12(13)19/h3-8H,1-2H3,(H,21,23). The maximum absolute atomic E-state index is 12.7. The number of nitrogens with one attached hydrogen (secondary N) is 1. The maximum Gasteiger partial charge on any atom is 0.337 e. The van der Waals surface area contributed by atoms with Crippen LogP contribution in [0.2, 0.25) is 10.0 Å². The Bertz CT molecular complexity index is 998. The fourth-order valence-electron chi connectivity index (χ4n) is 2.46. The minimum atomic E-state index is -0.523. The number of pyridine rings is 1. The molecule has 0 aliphatic heterocycles. The third-order valence-electron chi connectivity index (χ3n) is 3.61. The Morgan fingerprint density at radius 1 is 1.20 bits per heavy atom. The number of aromatic nitrogens is 2. The Kier molecular flexibility index (Phi) is 4.65. The number of halogens is 2. The van der Waals surface area contributed by atoms with E-state index in [1.54, 1.807) is 29.7 Å². The first-order chi connectivity index (χ1) is 11.9. The van der Waals surface area contributed by atoms with Crippen LogP contribution in [0, 0.1) is 6.92 Å². The fourth-order valence-corrected chi connectivity index (χ4v) is 2.78. The van der Waals surface area contributed by atoms with Crippen LogP contribution in [0.25, 0.3) is 5.65 Å². The monoisotopic (exact) mass is 377 g/mol. The van der Waals surface area contributed by atoms with Crippen LogP contribution in [0.1, 0.15) is 26.5 Å². The van der Waals surface area contributed by atoms with Crippen LogP contribution in [0.15, 0.2) is 36.5 Å². The fraction of sp³-hybridized carbons (Fsp3) is 0.118. The van der Waals surface area contributed by atoms with E-state index in [2.05, 4.69) is 15.0 Å². The van der Waals surface area contributed by atoms with Gasteiger partial charge >= 0.3 is 5.97 Å². The highest BCUT2D eigenvalue weighted by atomic mass is 35.5. The van der Waals surface area contributed by atoms with Gasteiger partial charge in [-0.2, -0.15) is 0 Å². The quantitative estimate of drug-likeness (QED) is 0.700. The molecule has 1 amide bonds. The lowest BCUT2D eigenvalue weighted by Gasteiger charge is -2.09. The highest BCUT2D eigenvalue weighted by Crippen LogP contribution is 2.25. The number of ether oxygens (including phenoxy) is 1. The number of carbonyl (C=O) groups is 2. The van der Waals surface area contributed by atoms with Crippen molar-refractivity contribution in [2.45, 2.75) is 6.92 Å². The second kappa shape index (κ2) is 6.74. The third kappa shape index (κ3) is 3.31. The number of aryl methyl sites for hydroxylation is 1. The number of anilines is 1. The molecule has 0 fully saturated rings. The number of hydrogen-bond donors (Lipinski definition) is 1. The zero-order valence-corrected chi connectivity index (χ0v) is 14.9. The summed E-state index contributed by atoms with van der Waals surface area (Å²) >= 11 is 12.1. The van der Waals surface area contributed by atoms with Gasteiger partial charge in [-0.25, -0.2) is 9.78 Å². The van der Waals surface area contributed by atoms with Gasteiger partial charge in [-0.15, -0.1) is 0 Å². The predicted molar refractivity (Wildman–Crippen MR) is 95.7 cm³/mol. The molecular formula is C17H13Cl2N3O3. The van der Waals surface area contributed by atoms with E-state index in [1.165, 1.54) is 25.3 Å². The van der Waals surface area contributed by atoms with Crippen molar-refractivity contribution in [2.75, 3.05) is 12.4 Å². The SMILES string of the molecule is COC(=O)c1ccc(Cl)c(NC(=O)c2c(C)nc3ccc(Cl)cn23)c1. The average molecular weight is 378 g/mol. The van der Waals surface area contributed by atoms with Gasteiger partial charge in [0.25, 0.3) is 5.91 Å². The van der Waals surface area contributed by atoms with Gasteiger partial charge in [-0.1, -0.05) is 23.2 Å². The molecule has 0 aliphatic rings. The molecule has 2 heterocycles. The molecule has 0 aliphatic carbocycles. The lowest BCUT2D eigenvalue weighted by Crippen LogP contribution is -2.16. The molecule has 0 saturated carbocycles. The van der Waals surface area contributed by atoms with Crippen LogP contribution in [0.5, 0.6) is 0 Å². The molecule has 0 atom stereocenters. The number of amides is 1. The van der Waals surface area contributed by atoms with Crippen molar-refractivity contribution < 1.29 is 14.3 Å². The predicted octanol–water partition coefficient (Wildman–Crippen LogP) is 3.99. The van der Waals surface area contributed by atoms with Crippen LogP contribution in [0.4, 0.5) is 5.69 Å². The summed E-state index contributed by atoms with van der Waals surface area (Å²) in [6.07, 6.45) is 1.61. The molecule has 128 valence electrons. The summed E-state index contributed by atoms with van der Waals surface area (Å²) in [5, 5.41) is 3.48. The first kappa shape index (κ1) is 17.3. The van der Waals surface area contributed by atoms with Gasteiger partial charge in [-0.05, 0) is 37.3 Å². The van der Waals surface area contributed by atoms with Gasteiger partial charge < -0.3 is 10.1 Å². The summed E-state index contributed by atoms with van der Waals surface area (Å²) in [5.74, 6) is -0.943. The van der Waals surface area contributed by atoms with Gasteiger partial charge in [0, 0.05) is 6.20 Å². The normalized spacial score (nSPS) is 10.7. The van der Waals surface area contributed by atoms with E-state index in [-0.39, 0.29) is 5.56 Å². The second-order valence-electron chi connectivity index (χ2n) is 5.26. The van der Waals surface area contributed by atoms with Crippen molar-refractivity contribution in [3.63, 3.8) is 0 Å². The van der Waals surface area contributed by atoms with Crippen molar-refractivity contribution in [2.24, 2.45) is 0 Å². The summed E-state index contributed by atoms with van der Waals surface area (Å²) in [7, 11) is 1.28. The zero-order chi connectivity index (χ0) is 18.1. The van der Waals surface area contributed by atoms with Gasteiger partial charge in [0.2, 0.25) is 0 Å². The second-order valence-corrected chi connectivity index (χ2v) is 6.11. The maximum atomic E-state index is 12.7. The number of rotatable bonds is 3. The average Bonchev–Trinajstić information content (AvgIpc) is 2.91. The van der Waals surface area contributed by atoms with Crippen molar-refractivity contribution >= 4 is 46.4 Å². The third-order valence-corrected chi connectivity index (χ3v) is 4.16. The Morgan fingerprint density at radius 2 is 1.96 bits per heavy atom. The van der Waals surface area contributed by atoms with Crippen LogP contribution in [-0.2, 0) is 4.74 Å². The van der Waals surface area contributed by atoms with Crippen LogP contribution >= 0.6 is 23.2 Å².